The molecule has 0 saturated carbocycles. The third kappa shape index (κ3) is 2.43. The standard InChI is InChI=1S/C9H10FNO2/c1-12-9-4-3-7(5-8(9)10)6-11-13-2/h3-6H,1-2H3/b11-6+. The second-order valence-corrected chi connectivity index (χ2v) is 2.31. The van der Waals surface area contributed by atoms with Gasteiger partial charge in [-0.15, -0.1) is 0 Å². The number of hydrogen-bond donors (Lipinski definition) is 0. The highest BCUT2D eigenvalue weighted by atomic mass is 19.1. The van der Waals surface area contributed by atoms with E-state index in [2.05, 4.69) is 9.99 Å². The number of oxime groups is 1. The molecule has 1 aromatic rings. The second kappa shape index (κ2) is 4.45. The van der Waals surface area contributed by atoms with Gasteiger partial charge in [0.2, 0.25) is 0 Å². The summed E-state index contributed by atoms with van der Waals surface area (Å²) in [6, 6.07) is 4.54. The van der Waals surface area contributed by atoms with Crippen molar-refractivity contribution in [1.82, 2.24) is 0 Å². The van der Waals surface area contributed by atoms with E-state index in [0.29, 0.717) is 5.56 Å². The lowest BCUT2D eigenvalue weighted by atomic mass is 10.2. The number of hydrogen-bond acceptors (Lipinski definition) is 3. The molecule has 0 spiro atoms. The highest BCUT2D eigenvalue weighted by molar-refractivity contribution is 5.79. The first-order valence-electron chi connectivity index (χ1n) is 3.68. The molecule has 0 aliphatic heterocycles. The molecule has 0 radical (unpaired) electrons. The summed E-state index contributed by atoms with van der Waals surface area (Å²) >= 11 is 0. The Hall–Kier alpha value is -1.58. The Morgan fingerprint density at radius 1 is 1.38 bits per heavy atom. The van der Waals surface area contributed by atoms with Crippen molar-refractivity contribution >= 4 is 6.21 Å². The minimum atomic E-state index is -0.414. The first kappa shape index (κ1) is 9.51. The van der Waals surface area contributed by atoms with Gasteiger partial charge in [0.1, 0.15) is 7.11 Å². The largest absolute Gasteiger partial charge is 0.494 e. The summed E-state index contributed by atoms with van der Waals surface area (Å²) in [6.07, 6.45) is 1.42. The molecule has 1 aromatic carbocycles. The van der Waals surface area contributed by atoms with Gasteiger partial charge in [-0.1, -0.05) is 5.16 Å². The zero-order valence-electron chi connectivity index (χ0n) is 7.45. The number of benzene rings is 1. The fourth-order valence-corrected chi connectivity index (χ4v) is 0.876. The highest BCUT2D eigenvalue weighted by Crippen LogP contribution is 2.16. The van der Waals surface area contributed by atoms with E-state index in [4.69, 9.17) is 4.74 Å². The molecular weight excluding hydrogens is 173 g/mol. The second-order valence-electron chi connectivity index (χ2n) is 2.31. The van der Waals surface area contributed by atoms with Crippen LogP contribution in [-0.4, -0.2) is 20.4 Å². The summed E-state index contributed by atoms with van der Waals surface area (Å²) in [4.78, 5) is 4.46. The van der Waals surface area contributed by atoms with Gasteiger partial charge < -0.3 is 9.57 Å². The predicted molar refractivity (Wildman–Crippen MR) is 47.6 cm³/mol. The predicted octanol–water partition coefficient (Wildman–Crippen LogP) is 1.81. The van der Waals surface area contributed by atoms with Crippen LogP contribution in [0.2, 0.25) is 0 Å². The number of rotatable bonds is 3. The van der Waals surface area contributed by atoms with E-state index in [1.54, 1.807) is 6.07 Å². The van der Waals surface area contributed by atoms with Gasteiger partial charge in [-0.25, -0.2) is 4.39 Å². The monoisotopic (exact) mass is 183 g/mol. The molecule has 3 nitrogen and oxygen atoms in total. The quantitative estimate of drug-likeness (QED) is 0.528. The van der Waals surface area contributed by atoms with Crippen LogP contribution >= 0.6 is 0 Å². The van der Waals surface area contributed by atoms with E-state index in [9.17, 15) is 4.39 Å². The highest BCUT2D eigenvalue weighted by Gasteiger charge is 2.01. The van der Waals surface area contributed by atoms with Gasteiger partial charge in [-0.2, -0.15) is 0 Å². The van der Waals surface area contributed by atoms with E-state index in [1.165, 1.54) is 32.6 Å². The molecule has 0 fully saturated rings. The summed E-state index contributed by atoms with van der Waals surface area (Å²) in [5.41, 5.74) is 0.625. The van der Waals surface area contributed by atoms with Crippen LogP contribution in [0, 0.1) is 5.82 Å². The molecule has 0 bridgehead atoms. The molecule has 0 saturated heterocycles. The summed E-state index contributed by atoms with van der Waals surface area (Å²) in [5.74, 6) is -0.197. The van der Waals surface area contributed by atoms with Crippen molar-refractivity contribution in [1.29, 1.82) is 0 Å². The Balaban J connectivity index is 2.89. The Morgan fingerprint density at radius 2 is 2.15 bits per heavy atom. The van der Waals surface area contributed by atoms with Gasteiger partial charge in [0.15, 0.2) is 11.6 Å². The molecule has 0 aliphatic rings. The van der Waals surface area contributed by atoms with E-state index in [1.807, 2.05) is 0 Å². The first-order valence-corrected chi connectivity index (χ1v) is 3.68. The SMILES string of the molecule is CO/N=C/c1ccc(OC)c(F)c1. The third-order valence-electron chi connectivity index (χ3n) is 1.48. The third-order valence-corrected chi connectivity index (χ3v) is 1.48. The van der Waals surface area contributed by atoms with E-state index >= 15 is 0 Å². The minimum absolute atomic E-state index is 0.217. The molecular formula is C9H10FNO2. The van der Waals surface area contributed by atoms with Crippen molar-refractivity contribution in [3.8, 4) is 5.75 Å². The van der Waals surface area contributed by atoms with E-state index in [-0.39, 0.29) is 5.75 Å². The number of ether oxygens (including phenoxy) is 1. The Bertz CT molecular complexity index is 312. The first-order chi connectivity index (χ1) is 6.27. The van der Waals surface area contributed by atoms with Crippen molar-refractivity contribution in [3.05, 3.63) is 29.6 Å². The Labute approximate surface area is 75.8 Å². The van der Waals surface area contributed by atoms with Crippen LogP contribution in [0.1, 0.15) is 5.56 Å². The van der Waals surface area contributed by atoms with Gasteiger partial charge in [0, 0.05) is 0 Å². The maximum atomic E-state index is 13.1. The molecule has 13 heavy (non-hydrogen) atoms. The van der Waals surface area contributed by atoms with Crippen LogP contribution in [0.25, 0.3) is 0 Å². The summed E-state index contributed by atoms with van der Waals surface area (Å²) in [6.45, 7) is 0. The van der Waals surface area contributed by atoms with Crippen LogP contribution in [0.3, 0.4) is 0 Å². The van der Waals surface area contributed by atoms with Crippen LogP contribution in [0.15, 0.2) is 23.4 Å². The summed E-state index contributed by atoms with van der Waals surface area (Å²) < 4.78 is 17.8. The molecule has 0 amide bonds. The average Bonchev–Trinajstić information content (AvgIpc) is 2.15. The lowest BCUT2D eigenvalue weighted by Gasteiger charge is -2.00. The molecule has 0 atom stereocenters. The van der Waals surface area contributed by atoms with Gasteiger partial charge in [0.25, 0.3) is 0 Å². The molecule has 0 heterocycles. The van der Waals surface area contributed by atoms with Gasteiger partial charge in [-0.3, -0.25) is 0 Å². The Kier molecular flexibility index (Phi) is 3.25. The molecule has 0 N–H and O–H groups in total. The van der Waals surface area contributed by atoms with Gasteiger partial charge in [-0.05, 0) is 23.8 Å². The van der Waals surface area contributed by atoms with E-state index < -0.39 is 5.82 Å². The van der Waals surface area contributed by atoms with E-state index in [0.717, 1.165) is 0 Å². The molecule has 4 heteroatoms. The van der Waals surface area contributed by atoms with Crippen molar-refractivity contribution in [2.75, 3.05) is 14.2 Å². The summed E-state index contributed by atoms with van der Waals surface area (Å²) in [5, 5.41) is 3.51. The maximum Gasteiger partial charge on any atom is 0.165 e. The lowest BCUT2D eigenvalue weighted by molar-refractivity contribution is 0.215. The van der Waals surface area contributed by atoms with Crippen LogP contribution in [0.5, 0.6) is 5.75 Å². The lowest BCUT2D eigenvalue weighted by Crippen LogP contribution is -1.90. The fraction of sp³-hybridized carbons (Fsp3) is 0.222. The topological polar surface area (TPSA) is 30.8 Å². The zero-order chi connectivity index (χ0) is 9.68. The Morgan fingerprint density at radius 3 is 2.69 bits per heavy atom. The molecule has 1 rings (SSSR count). The maximum absolute atomic E-state index is 13.1. The molecule has 0 aliphatic carbocycles. The number of nitrogens with zero attached hydrogens (tertiary/aromatic N) is 1. The van der Waals surface area contributed by atoms with Crippen molar-refractivity contribution in [2.24, 2.45) is 5.16 Å². The van der Waals surface area contributed by atoms with Crippen LogP contribution in [0.4, 0.5) is 4.39 Å². The molecule has 0 unspecified atom stereocenters. The van der Waals surface area contributed by atoms with Crippen LogP contribution < -0.4 is 4.74 Å². The van der Waals surface area contributed by atoms with Gasteiger partial charge in [0.05, 0.1) is 13.3 Å². The van der Waals surface area contributed by atoms with Crippen LogP contribution in [-0.2, 0) is 4.84 Å². The normalized spacial score (nSPS) is 10.4. The van der Waals surface area contributed by atoms with Crippen molar-refractivity contribution in [3.63, 3.8) is 0 Å². The zero-order valence-corrected chi connectivity index (χ0v) is 7.45. The average molecular weight is 183 g/mol. The minimum Gasteiger partial charge on any atom is -0.494 e. The van der Waals surface area contributed by atoms with Crippen molar-refractivity contribution < 1.29 is 14.0 Å². The van der Waals surface area contributed by atoms with Crippen molar-refractivity contribution in [2.45, 2.75) is 0 Å². The number of methoxy groups -OCH3 is 1. The van der Waals surface area contributed by atoms with Gasteiger partial charge >= 0.3 is 0 Å². The fourth-order valence-electron chi connectivity index (χ4n) is 0.876. The molecule has 0 aromatic heterocycles. The molecule has 70 valence electrons. The smallest absolute Gasteiger partial charge is 0.165 e. The number of halogens is 1. The summed E-state index contributed by atoms with van der Waals surface area (Å²) in [7, 11) is 2.84.